The van der Waals surface area contributed by atoms with Gasteiger partial charge in [-0.3, -0.25) is 4.79 Å². The van der Waals surface area contributed by atoms with Gasteiger partial charge >= 0.3 is 0 Å². The lowest BCUT2D eigenvalue weighted by Gasteiger charge is -2.02. The summed E-state index contributed by atoms with van der Waals surface area (Å²) in [5.74, 6) is 5.48. The van der Waals surface area contributed by atoms with Crippen LogP contribution in [0.5, 0.6) is 0 Å². The van der Waals surface area contributed by atoms with Crippen molar-refractivity contribution in [3.63, 3.8) is 0 Å². The maximum absolute atomic E-state index is 10.9. The van der Waals surface area contributed by atoms with Crippen LogP contribution in [0, 0.1) is 11.8 Å². The topological polar surface area (TPSA) is 43.1 Å². The van der Waals surface area contributed by atoms with Crippen molar-refractivity contribution in [2.45, 2.75) is 5.92 Å². The first kappa shape index (κ1) is 6.93. The minimum absolute atomic E-state index is 0.0914. The van der Waals surface area contributed by atoms with Crippen LogP contribution in [0.3, 0.4) is 0 Å². The summed E-state index contributed by atoms with van der Waals surface area (Å²) in [6, 6.07) is 7.27. The van der Waals surface area contributed by atoms with Gasteiger partial charge in [0.25, 0.3) is 0 Å². The molecule has 0 aliphatic heterocycles. The summed E-state index contributed by atoms with van der Waals surface area (Å²) < 4.78 is 0. The molecule has 0 spiro atoms. The van der Waals surface area contributed by atoms with E-state index in [0.29, 0.717) is 5.56 Å². The maximum Gasteiger partial charge on any atom is 0.249 e. The molecule has 0 radical (unpaired) electrons. The van der Waals surface area contributed by atoms with Crippen LogP contribution in [0.4, 0.5) is 0 Å². The van der Waals surface area contributed by atoms with Crippen molar-refractivity contribution < 1.29 is 4.79 Å². The summed E-state index contributed by atoms with van der Waals surface area (Å²) in [5.41, 5.74) is 6.66. The third-order valence-electron chi connectivity index (χ3n) is 1.83. The fraction of sp³-hybridized carbons (Fsp3) is 0.100. The number of carbonyl (C=O) groups is 1. The summed E-state index contributed by atoms with van der Waals surface area (Å²) in [6.07, 6.45) is 0. The Morgan fingerprint density at radius 3 is 2.58 bits per heavy atom. The van der Waals surface area contributed by atoms with Gasteiger partial charge in [0.1, 0.15) is 5.92 Å². The van der Waals surface area contributed by atoms with Crippen LogP contribution >= 0.6 is 0 Å². The van der Waals surface area contributed by atoms with E-state index in [1.165, 1.54) is 0 Å². The van der Waals surface area contributed by atoms with Crippen molar-refractivity contribution in [1.29, 1.82) is 0 Å². The molecule has 2 N–H and O–H groups in total. The molecule has 12 heavy (non-hydrogen) atoms. The van der Waals surface area contributed by atoms with Crippen LogP contribution < -0.4 is 5.73 Å². The molecule has 2 nitrogen and oxygen atoms in total. The van der Waals surface area contributed by atoms with Crippen LogP contribution in [-0.2, 0) is 0 Å². The number of hydrogen-bond donors (Lipinski definition) is 1. The molecule has 0 saturated carbocycles. The third kappa shape index (κ3) is 1.06. The van der Waals surface area contributed by atoms with E-state index in [1.54, 1.807) is 12.1 Å². The quantitative estimate of drug-likeness (QED) is 0.636. The molecule has 0 heterocycles. The van der Waals surface area contributed by atoms with Gasteiger partial charge in [0.2, 0.25) is 5.91 Å². The highest BCUT2D eigenvalue weighted by Gasteiger charge is 2.18. The van der Waals surface area contributed by atoms with Gasteiger partial charge in [-0.15, -0.1) is 0 Å². The Bertz CT molecular complexity index is 390. The Hall–Kier alpha value is -1.75. The second kappa shape index (κ2) is 2.38. The maximum atomic E-state index is 10.9. The lowest BCUT2D eigenvalue weighted by molar-refractivity contribution is 0.0999. The fourth-order valence-electron chi connectivity index (χ4n) is 1.17. The summed E-state index contributed by atoms with van der Waals surface area (Å²) in [7, 11) is 0. The first-order valence-corrected chi connectivity index (χ1v) is 3.69. The standard InChI is InChI=1S/C10H7NO/c11-10(12)9-4-2-1-3-8(9)7-5-6-7/h1-4,7H,(H2,11,12). The molecule has 1 aromatic carbocycles. The Morgan fingerprint density at radius 1 is 1.33 bits per heavy atom. The van der Waals surface area contributed by atoms with Crippen LogP contribution in [0.25, 0.3) is 0 Å². The molecule has 1 aliphatic rings. The minimum atomic E-state index is -0.388. The lowest BCUT2D eigenvalue weighted by atomic mass is 10.0. The van der Waals surface area contributed by atoms with E-state index < -0.39 is 0 Å². The molecule has 0 atom stereocenters. The van der Waals surface area contributed by atoms with Crippen molar-refractivity contribution in [3.05, 3.63) is 35.4 Å². The van der Waals surface area contributed by atoms with E-state index in [9.17, 15) is 4.79 Å². The van der Waals surface area contributed by atoms with Crippen LogP contribution in [-0.4, -0.2) is 5.91 Å². The van der Waals surface area contributed by atoms with Gasteiger partial charge in [-0.05, 0) is 11.6 Å². The molecule has 0 unspecified atom stereocenters. The molecule has 58 valence electrons. The smallest absolute Gasteiger partial charge is 0.249 e. The normalized spacial score (nSPS) is 13.3. The SMILES string of the molecule is NC(=O)c1ccccc1C1C#C1. The molecular formula is C10H7NO. The first-order chi connectivity index (χ1) is 5.79. The van der Waals surface area contributed by atoms with E-state index in [-0.39, 0.29) is 11.8 Å². The van der Waals surface area contributed by atoms with Gasteiger partial charge in [0.15, 0.2) is 0 Å². The second-order valence-electron chi connectivity index (χ2n) is 2.67. The number of benzene rings is 1. The third-order valence-corrected chi connectivity index (χ3v) is 1.83. The zero-order valence-corrected chi connectivity index (χ0v) is 6.37. The number of hydrogen-bond acceptors (Lipinski definition) is 1. The van der Waals surface area contributed by atoms with Gasteiger partial charge in [-0.1, -0.05) is 30.0 Å². The van der Waals surface area contributed by atoms with Crippen LogP contribution in [0.1, 0.15) is 21.8 Å². The van der Waals surface area contributed by atoms with Crippen LogP contribution in [0.15, 0.2) is 24.3 Å². The van der Waals surface area contributed by atoms with Crippen LogP contribution in [0.2, 0.25) is 0 Å². The average Bonchev–Trinajstić information content (AvgIpc) is 2.87. The Kier molecular flexibility index (Phi) is 1.38. The molecule has 1 aliphatic carbocycles. The van der Waals surface area contributed by atoms with E-state index >= 15 is 0 Å². The van der Waals surface area contributed by atoms with Crippen molar-refractivity contribution >= 4 is 5.91 Å². The predicted octanol–water partition coefficient (Wildman–Crippen LogP) is 0.886. The van der Waals surface area contributed by atoms with Gasteiger partial charge < -0.3 is 5.73 Å². The van der Waals surface area contributed by atoms with Crippen molar-refractivity contribution in [2.75, 3.05) is 0 Å². The zero-order chi connectivity index (χ0) is 8.55. The largest absolute Gasteiger partial charge is 0.366 e. The van der Waals surface area contributed by atoms with Gasteiger partial charge in [-0.2, -0.15) is 0 Å². The summed E-state index contributed by atoms with van der Waals surface area (Å²) in [6.45, 7) is 0. The number of amides is 1. The zero-order valence-electron chi connectivity index (χ0n) is 6.37. The molecule has 1 aromatic rings. The predicted molar refractivity (Wildman–Crippen MR) is 45.5 cm³/mol. The highest BCUT2D eigenvalue weighted by Crippen LogP contribution is 2.24. The average molecular weight is 157 g/mol. The second-order valence-corrected chi connectivity index (χ2v) is 2.67. The summed E-state index contributed by atoms with van der Waals surface area (Å²) in [4.78, 5) is 10.9. The molecular weight excluding hydrogens is 150 g/mol. The van der Waals surface area contributed by atoms with Crippen molar-refractivity contribution in [2.24, 2.45) is 5.73 Å². The Morgan fingerprint density at radius 2 is 2.00 bits per heavy atom. The lowest BCUT2D eigenvalue weighted by Crippen LogP contribution is -2.13. The highest BCUT2D eigenvalue weighted by molar-refractivity contribution is 5.95. The van der Waals surface area contributed by atoms with Crippen molar-refractivity contribution in [3.8, 4) is 11.8 Å². The Balaban J connectivity index is 2.44. The Labute approximate surface area is 70.4 Å². The molecule has 0 fully saturated rings. The minimum Gasteiger partial charge on any atom is -0.366 e. The van der Waals surface area contributed by atoms with E-state index in [0.717, 1.165) is 5.56 Å². The molecule has 0 saturated heterocycles. The fourth-order valence-corrected chi connectivity index (χ4v) is 1.17. The molecule has 1 amide bonds. The van der Waals surface area contributed by atoms with E-state index in [1.807, 2.05) is 12.1 Å². The van der Waals surface area contributed by atoms with Gasteiger partial charge in [0.05, 0.1) is 0 Å². The first-order valence-electron chi connectivity index (χ1n) is 3.69. The van der Waals surface area contributed by atoms with E-state index in [2.05, 4.69) is 11.8 Å². The molecule has 2 rings (SSSR count). The molecule has 0 aromatic heterocycles. The number of primary amides is 1. The summed E-state index contributed by atoms with van der Waals surface area (Å²) in [5, 5.41) is 0. The highest BCUT2D eigenvalue weighted by atomic mass is 16.1. The number of carbonyl (C=O) groups excluding carboxylic acids is 1. The number of nitrogens with two attached hydrogens (primary N) is 1. The van der Waals surface area contributed by atoms with Crippen molar-refractivity contribution in [1.82, 2.24) is 0 Å². The molecule has 2 heteroatoms. The number of rotatable bonds is 2. The molecule has 0 bridgehead atoms. The monoisotopic (exact) mass is 157 g/mol. The van der Waals surface area contributed by atoms with Gasteiger partial charge in [0, 0.05) is 5.56 Å². The summed E-state index contributed by atoms with van der Waals surface area (Å²) >= 11 is 0. The van der Waals surface area contributed by atoms with Gasteiger partial charge in [-0.25, -0.2) is 0 Å². The van der Waals surface area contributed by atoms with E-state index in [4.69, 9.17) is 5.73 Å².